The van der Waals surface area contributed by atoms with Gasteiger partial charge < -0.3 is 29.6 Å². The third kappa shape index (κ3) is 7.24. The van der Waals surface area contributed by atoms with E-state index < -0.39 is 17.7 Å². The number of benzene rings is 3. The Hall–Kier alpha value is -4.54. The van der Waals surface area contributed by atoms with E-state index in [4.69, 9.17) is 21.1 Å². The largest absolute Gasteiger partial charge is 0.493 e. The first kappa shape index (κ1) is 33.8. The van der Waals surface area contributed by atoms with Crippen LogP contribution in [-0.2, 0) is 31.4 Å². The summed E-state index contributed by atoms with van der Waals surface area (Å²) in [6.45, 7) is 7.88. The van der Waals surface area contributed by atoms with Crippen LogP contribution in [0.15, 0.2) is 54.6 Å². The number of rotatable bonds is 12. The van der Waals surface area contributed by atoms with E-state index in [9.17, 15) is 19.8 Å². The molecular weight excluding hydrogens is 620 g/mol. The number of carboxylic acid groups (broad SMARTS) is 1. The van der Waals surface area contributed by atoms with Crippen LogP contribution in [0.1, 0.15) is 61.1 Å². The van der Waals surface area contributed by atoms with Crippen LogP contribution in [0.5, 0.6) is 5.75 Å². The normalized spacial score (nSPS) is 11.7. The number of halogens is 1. The molecular formula is C36H41ClN4O6. The van der Waals surface area contributed by atoms with Crippen molar-refractivity contribution in [3.63, 3.8) is 0 Å². The van der Waals surface area contributed by atoms with Crippen molar-refractivity contribution in [1.82, 2.24) is 19.7 Å². The first-order valence-corrected chi connectivity index (χ1v) is 16.1. The van der Waals surface area contributed by atoms with Crippen LogP contribution < -0.4 is 10.1 Å². The molecule has 0 aliphatic rings. The molecule has 2 heterocycles. The molecule has 0 fully saturated rings. The second-order valence-corrected chi connectivity index (χ2v) is 12.9. The molecule has 2 aromatic heterocycles. The molecule has 0 spiro atoms. The lowest BCUT2D eigenvalue weighted by atomic mass is 9.98. The van der Waals surface area contributed by atoms with Gasteiger partial charge in [-0.15, -0.1) is 0 Å². The molecule has 5 rings (SSSR count). The van der Waals surface area contributed by atoms with Crippen LogP contribution in [0.3, 0.4) is 0 Å². The molecule has 11 heteroatoms. The predicted molar refractivity (Wildman–Crippen MR) is 183 cm³/mol. The quantitative estimate of drug-likeness (QED) is 0.120. The Kier molecular flexibility index (Phi) is 10.1. The van der Waals surface area contributed by atoms with Crippen LogP contribution in [0, 0.1) is 6.92 Å². The van der Waals surface area contributed by atoms with Gasteiger partial charge in [0.15, 0.2) is 0 Å². The summed E-state index contributed by atoms with van der Waals surface area (Å²) in [5.41, 5.74) is 3.32. The van der Waals surface area contributed by atoms with E-state index in [1.165, 1.54) is 0 Å². The van der Waals surface area contributed by atoms with Crippen LogP contribution in [0.4, 0.5) is 4.79 Å². The number of nitrogens with zero attached hydrogens (tertiary/aromatic N) is 3. The first-order valence-electron chi connectivity index (χ1n) is 15.7. The maximum atomic E-state index is 13.0. The van der Waals surface area contributed by atoms with E-state index in [0.29, 0.717) is 58.8 Å². The molecule has 0 aliphatic carbocycles. The lowest BCUT2D eigenvalue weighted by molar-refractivity contribution is 0.0525. The smallest absolute Gasteiger partial charge is 0.407 e. The number of carbonyl (C=O) groups excluding carboxylic acids is 1. The van der Waals surface area contributed by atoms with Gasteiger partial charge in [0, 0.05) is 47.7 Å². The van der Waals surface area contributed by atoms with Crippen molar-refractivity contribution in [2.45, 2.75) is 65.7 Å². The molecule has 47 heavy (non-hydrogen) atoms. The number of aliphatic hydroxyl groups excluding tert-OH is 1. The highest BCUT2D eigenvalue weighted by Crippen LogP contribution is 2.42. The van der Waals surface area contributed by atoms with E-state index >= 15 is 0 Å². The van der Waals surface area contributed by atoms with E-state index in [0.717, 1.165) is 27.6 Å². The number of aliphatic hydroxyl groups is 1. The second-order valence-electron chi connectivity index (χ2n) is 12.5. The summed E-state index contributed by atoms with van der Waals surface area (Å²) in [4.78, 5) is 25.3. The topological polar surface area (TPSA) is 128 Å². The van der Waals surface area contributed by atoms with Crippen molar-refractivity contribution >= 4 is 45.3 Å². The van der Waals surface area contributed by atoms with Gasteiger partial charge in [-0.2, -0.15) is 5.10 Å². The number of fused-ring (bicyclic) bond motifs is 2. The van der Waals surface area contributed by atoms with Crippen molar-refractivity contribution in [1.29, 1.82) is 0 Å². The Bertz CT molecular complexity index is 1930. The van der Waals surface area contributed by atoms with Crippen LogP contribution in [-0.4, -0.2) is 55.4 Å². The fourth-order valence-corrected chi connectivity index (χ4v) is 6.31. The maximum Gasteiger partial charge on any atom is 0.407 e. The summed E-state index contributed by atoms with van der Waals surface area (Å²) in [5, 5.41) is 31.4. The molecule has 0 saturated heterocycles. The molecule has 0 aliphatic heterocycles. The average Bonchev–Trinajstić information content (AvgIpc) is 3.49. The minimum Gasteiger partial charge on any atom is -0.493 e. The zero-order chi connectivity index (χ0) is 33.9. The summed E-state index contributed by atoms with van der Waals surface area (Å²) in [6, 6.07) is 17.6. The summed E-state index contributed by atoms with van der Waals surface area (Å²) in [6.07, 6.45) is 0.890. The highest BCUT2D eigenvalue weighted by Gasteiger charge is 2.28. The molecule has 0 unspecified atom stereocenters. The SMILES string of the molecule is Cc1c(-c2c(Cl)ccc3c(CCCOc4cccc5ccccc45)c(C(=O)O)n(CCCNC(=O)OC(C)(C)C)c23)c(CO)nn1C. The van der Waals surface area contributed by atoms with Crippen LogP contribution in [0.2, 0.25) is 5.02 Å². The molecule has 10 nitrogen and oxygen atoms in total. The Balaban J connectivity index is 1.52. The van der Waals surface area contributed by atoms with Crippen molar-refractivity contribution in [2.75, 3.05) is 13.2 Å². The molecule has 0 radical (unpaired) electrons. The van der Waals surface area contributed by atoms with Crippen molar-refractivity contribution in [2.24, 2.45) is 7.05 Å². The molecule has 3 aromatic carbocycles. The zero-order valence-corrected chi connectivity index (χ0v) is 28.1. The lowest BCUT2D eigenvalue weighted by Gasteiger charge is -2.20. The molecule has 0 atom stereocenters. The van der Waals surface area contributed by atoms with Gasteiger partial charge in [-0.25, -0.2) is 9.59 Å². The van der Waals surface area contributed by atoms with Gasteiger partial charge in [0.05, 0.1) is 29.4 Å². The standard InChI is InChI=1S/C36H41ClN4O6/c1-22-30(28(21-42)39-40(22)5)31-27(37)17-16-26-25(14-9-20-46-29-15-8-12-23-11-6-7-13-24(23)29)33(34(43)44)41(32(26)31)19-10-18-38-35(45)47-36(2,3)4/h6-8,11-13,15-17,42H,9-10,14,18-21H2,1-5H3,(H,38,45)(H,43,44). The van der Waals surface area contributed by atoms with Gasteiger partial charge in [-0.3, -0.25) is 4.68 Å². The minimum atomic E-state index is -1.07. The second kappa shape index (κ2) is 14.1. The van der Waals surface area contributed by atoms with Gasteiger partial charge in [0.2, 0.25) is 0 Å². The summed E-state index contributed by atoms with van der Waals surface area (Å²) in [5.74, 6) is -0.294. The number of aryl methyl sites for hydroxylation is 3. The van der Waals surface area contributed by atoms with Crippen molar-refractivity contribution in [3.05, 3.63) is 82.3 Å². The molecule has 0 bridgehead atoms. The van der Waals surface area contributed by atoms with Crippen molar-refractivity contribution in [3.8, 4) is 16.9 Å². The molecule has 5 aromatic rings. The Morgan fingerprint density at radius 2 is 1.74 bits per heavy atom. The fraction of sp³-hybridized carbons (Fsp3) is 0.361. The van der Waals surface area contributed by atoms with E-state index in [2.05, 4.69) is 10.4 Å². The highest BCUT2D eigenvalue weighted by molar-refractivity contribution is 6.35. The van der Waals surface area contributed by atoms with E-state index in [1.54, 1.807) is 43.1 Å². The van der Waals surface area contributed by atoms with Crippen LogP contribution >= 0.6 is 11.6 Å². The number of carbonyl (C=O) groups is 2. The number of aromatic carboxylic acids is 1. The first-order chi connectivity index (χ1) is 22.4. The maximum absolute atomic E-state index is 13.0. The van der Waals surface area contributed by atoms with Gasteiger partial charge >= 0.3 is 12.1 Å². The predicted octanol–water partition coefficient (Wildman–Crippen LogP) is 7.27. The minimum absolute atomic E-state index is 0.151. The van der Waals surface area contributed by atoms with E-state index in [1.807, 2.05) is 55.5 Å². The summed E-state index contributed by atoms with van der Waals surface area (Å²) in [7, 11) is 1.79. The fourth-order valence-electron chi connectivity index (χ4n) is 6.06. The average molecular weight is 661 g/mol. The molecule has 3 N–H and O–H groups in total. The molecule has 0 saturated carbocycles. The Labute approximate surface area is 278 Å². The third-order valence-electron chi connectivity index (χ3n) is 8.09. The third-order valence-corrected chi connectivity index (χ3v) is 8.41. The Morgan fingerprint density at radius 3 is 2.47 bits per heavy atom. The number of carboxylic acids is 1. The number of hydrogen-bond acceptors (Lipinski definition) is 6. The number of aromatic nitrogens is 3. The Morgan fingerprint density at radius 1 is 1.00 bits per heavy atom. The number of ether oxygens (including phenoxy) is 2. The van der Waals surface area contributed by atoms with Crippen molar-refractivity contribution < 1.29 is 29.3 Å². The van der Waals surface area contributed by atoms with Gasteiger partial charge in [0.1, 0.15) is 17.0 Å². The number of alkyl carbamates (subject to hydrolysis) is 1. The number of nitrogens with one attached hydrogen (secondary N) is 1. The highest BCUT2D eigenvalue weighted by atomic mass is 35.5. The summed E-state index contributed by atoms with van der Waals surface area (Å²) >= 11 is 6.89. The number of amides is 1. The van der Waals surface area contributed by atoms with Crippen LogP contribution in [0.25, 0.3) is 32.8 Å². The van der Waals surface area contributed by atoms with Gasteiger partial charge in [-0.1, -0.05) is 54.1 Å². The molecule has 248 valence electrons. The summed E-state index contributed by atoms with van der Waals surface area (Å²) < 4.78 is 15.0. The zero-order valence-electron chi connectivity index (χ0n) is 27.4. The number of hydrogen-bond donors (Lipinski definition) is 3. The molecule has 1 amide bonds. The van der Waals surface area contributed by atoms with Gasteiger partial charge in [0.25, 0.3) is 0 Å². The monoisotopic (exact) mass is 660 g/mol. The lowest BCUT2D eigenvalue weighted by Crippen LogP contribution is -2.33. The van der Waals surface area contributed by atoms with Gasteiger partial charge in [-0.05, 0) is 70.0 Å². The van der Waals surface area contributed by atoms with E-state index in [-0.39, 0.29) is 25.4 Å².